The number of carbonyl (C=O) groups excluding carboxylic acids is 1. The van der Waals surface area contributed by atoms with Crippen LogP contribution in [0.15, 0.2) is 33.1 Å². The molecule has 1 amide bonds. The first kappa shape index (κ1) is 23.0. The minimum atomic E-state index is -3.17. The number of fused-ring (bicyclic) bond motifs is 1. The Labute approximate surface area is 200 Å². The summed E-state index contributed by atoms with van der Waals surface area (Å²) in [7, 11) is -3.17. The first-order valence-corrected chi connectivity index (χ1v) is 13.9. The Bertz CT molecular complexity index is 1330. The van der Waals surface area contributed by atoms with E-state index in [0.717, 1.165) is 53.9 Å². The fourth-order valence-corrected chi connectivity index (χ4v) is 6.83. The second kappa shape index (κ2) is 8.80. The molecule has 2 aliphatic heterocycles. The van der Waals surface area contributed by atoms with Gasteiger partial charge in [-0.25, -0.2) is 8.42 Å². The fraction of sp³-hybridized carbons (Fsp3) is 0.500. The number of amides is 1. The number of sulfone groups is 1. The van der Waals surface area contributed by atoms with E-state index >= 15 is 0 Å². The molecule has 7 nitrogen and oxygen atoms in total. The summed E-state index contributed by atoms with van der Waals surface area (Å²) in [5.41, 5.74) is 3.69. The van der Waals surface area contributed by atoms with Crippen LogP contribution in [0.5, 0.6) is 0 Å². The predicted molar refractivity (Wildman–Crippen MR) is 132 cm³/mol. The van der Waals surface area contributed by atoms with Crippen molar-refractivity contribution >= 4 is 32.6 Å². The van der Waals surface area contributed by atoms with Gasteiger partial charge in [-0.1, -0.05) is 0 Å². The maximum absolute atomic E-state index is 13.8. The van der Waals surface area contributed by atoms with E-state index in [0.29, 0.717) is 17.8 Å². The Morgan fingerprint density at radius 2 is 1.79 bits per heavy atom. The number of nitrogens with zero attached hydrogens (tertiary/aromatic N) is 2. The van der Waals surface area contributed by atoms with Gasteiger partial charge in [0.2, 0.25) is 0 Å². The molecule has 5 rings (SSSR count). The Balaban J connectivity index is 1.47. The van der Waals surface area contributed by atoms with Gasteiger partial charge in [0.15, 0.2) is 21.5 Å². The fourth-order valence-electron chi connectivity index (χ4n) is 5.10. The molecule has 0 N–H and O–H groups in total. The van der Waals surface area contributed by atoms with E-state index in [1.165, 1.54) is 6.42 Å². The molecule has 2 saturated heterocycles. The molecular formula is C26H32N2O5S. The number of hydrogen-bond acceptors (Lipinski definition) is 6. The van der Waals surface area contributed by atoms with Gasteiger partial charge in [0.05, 0.1) is 18.1 Å². The van der Waals surface area contributed by atoms with Crippen LogP contribution in [-0.2, 0) is 16.4 Å². The summed E-state index contributed by atoms with van der Waals surface area (Å²) in [6.07, 6.45) is 3.94. The summed E-state index contributed by atoms with van der Waals surface area (Å²) in [5, 5.41) is 0.913. The van der Waals surface area contributed by atoms with Gasteiger partial charge in [-0.15, -0.1) is 0 Å². The number of carbonyl (C=O) groups is 1. The maximum atomic E-state index is 13.8. The lowest BCUT2D eigenvalue weighted by atomic mass is 10.0. The molecule has 182 valence electrons. The summed E-state index contributed by atoms with van der Waals surface area (Å²) >= 11 is 0. The van der Waals surface area contributed by atoms with Crippen molar-refractivity contribution in [2.45, 2.75) is 59.0 Å². The van der Waals surface area contributed by atoms with Gasteiger partial charge < -0.3 is 18.6 Å². The van der Waals surface area contributed by atoms with Gasteiger partial charge in [-0.3, -0.25) is 4.79 Å². The highest BCUT2D eigenvalue weighted by molar-refractivity contribution is 7.91. The van der Waals surface area contributed by atoms with Crippen LogP contribution in [0.4, 0.5) is 5.88 Å². The summed E-state index contributed by atoms with van der Waals surface area (Å²) in [4.78, 5) is 17.7. The van der Waals surface area contributed by atoms with Gasteiger partial charge in [-0.05, 0) is 75.8 Å². The Morgan fingerprint density at radius 1 is 1.06 bits per heavy atom. The topological polar surface area (TPSA) is 84.0 Å². The van der Waals surface area contributed by atoms with Crippen LogP contribution in [-0.4, -0.2) is 49.9 Å². The van der Waals surface area contributed by atoms with Crippen molar-refractivity contribution in [3.05, 3.63) is 52.5 Å². The standard InChI is InChI=1S/C26H32N2O5S/c1-17-13-22-19(3)25(33-23(22)14-18(17)2)26(29)28(20-9-12-34(30,31)16-20)15-21-7-8-24(32-21)27-10-5-4-6-11-27/h7-8,13-14,20H,4-6,9-12,15-16H2,1-3H3. The van der Waals surface area contributed by atoms with Crippen LogP contribution >= 0.6 is 0 Å². The van der Waals surface area contributed by atoms with Crippen LogP contribution < -0.4 is 4.90 Å². The summed E-state index contributed by atoms with van der Waals surface area (Å²) in [5.74, 6) is 1.51. The maximum Gasteiger partial charge on any atom is 0.290 e. The van der Waals surface area contributed by atoms with E-state index in [4.69, 9.17) is 8.83 Å². The van der Waals surface area contributed by atoms with Crippen molar-refractivity contribution in [2.24, 2.45) is 0 Å². The van der Waals surface area contributed by atoms with Crippen molar-refractivity contribution in [2.75, 3.05) is 29.5 Å². The molecule has 2 aliphatic rings. The summed E-state index contributed by atoms with van der Waals surface area (Å²) < 4.78 is 36.7. The molecule has 0 bridgehead atoms. The molecule has 34 heavy (non-hydrogen) atoms. The molecule has 1 atom stereocenters. The van der Waals surface area contributed by atoms with Crippen LogP contribution in [0.2, 0.25) is 0 Å². The molecule has 2 aromatic heterocycles. The number of anilines is 1. The zero-order valence-electron chi connectivity index (χ0n) is 20.1. The minimum Gasteiger partial charge on any atom is -0.451 e. The van der Waals surface area contributed by atoms with Crippen molar-refractivity contribution in [1.29, 1.82) is 0 Å². The number of piperidine rings is 1. The van der Waals surface area contributed by atoms with Crippen molar-refractivity contribution in [1.82, 2.24) is 4.90 Å². The van der Waals surface area contributed by atoms with Gasteiger partial charge in [-0.2, -0.15) is 0 Å². The first-order chi connectivity index (χ1) is 16.2. The summed E-state index contributed by atoms with van der Waals surface area (Å²) in [6, 6.07) is 7.44. The molecule has 2 fully saturated rings. The van der Waals surface area contributed by atoms with Crippen molar-refractivity contribution in [3.63, 3.8) is 0 Å². The van der Waals surface area contributed by atoms with E-state index in [1.807, 2.05) is 45.0 Å². The van der Waals surface area contributed by atoms with E-state index in [2.05, 4.69) is 4.90 Å². The second-order valence-corrected chi connectivity index (χ2v) is 12.0. The number of hydrogen-bond donors (Lipinski definition) is 0. The third-order valence-electron chi connectivity index (χ3n) is 7.30. The lowest BCUT2D eigenvalue weighted by Crippen LogP contribution is -2.40. The molecule has 0 aliphatic carbocycles. The van der Waals surface area contributed by atoms with E-state index < -0.39 is 15.9 Å². The second-order valence-electron chi connectivity index (χ2n) is 9.77. The molecule has 0 saturated carbocycles. The number of benzene rings is 1. The van der Waals surface area contributed by atoms with Gasteiger partial charge >= 0.3 is 0 Å². The molecule has 8 heteroatoms. The molecule has 1 aromatic carbocycles. The highest BCUT2D eigenvalue weighted by atomic mass is 32.2. The Kier molecular flexibility index (Phi) is 5.96. The Hall–Kier alpha value is -2.74. The Morgan fingerprint density at radius 3 is 2.50 bits per heavy atom. The molecule has 0 radical (unpaired) electrons. The van der Waals surface area contributed by atoms with E-state index in [-0.39, 0.29) is 29.7 Å². The molecule has 4 heterocycles. The van der Waals surface area contributed by atoms with Crippen LogP contribution in [0.3, 0.4) is 0 Å². The van der Waals surface area contributed by atoms with Crippen molar-refractivity contribution in [3.8, 4) is 0 Å². The highest BCUT2D eigenvalue weighted by Crippen LogP contribution is 2.32. The number of aryl methyl sites for hydroxylation is 3. The zero-order chi connectivity index (χ0) is 24.0. The average molecular weight is 485 g/mol. The zero-order valence-corrected chi connectivity index (χ0v) is 20.9. The van der Waals surface area contributed by atoms with E-state index in [9.17, 15) is 13.2 Å². The van der Waals surface area contributed by atoms with Crippen LogP contribution in [0, 0.1) is 20.8 Å². The molecule has 1 unspecified atom stereocenters. The van der Waals surface area contributed by atoms with E-state index in [1.54, 1.807) is 4.90 Å². The van der Waals surface area contributed by atoms with Crippen LogP contribution in [0.25, 0.3) is 11.0 Å². The normalized spacial score (nSPS) is 20.2. The first-order valence-electron chi connectivity index (χ1n) is 12.1. The number of rotatable bonds is 5. The highest BCUT2D eigenvalue weighted by Gasteiger charge is 2.37. The largest absolute Gasteiger partial charge is 0.451 e. The lowest BCUT2D eigenvalue weighted by molar-refractivity contribution is 0.0635. The average Bonchev–Trinajstić information content (AvgIpc) is 3.51. The third kappa shape index (κ3) is 4.35. The SMILES string of the molecule is Cc1cc2oc(C(=O)N(Cc3ccc(N4CCCCC4)o3)C3CCS(=O)(=O)C3)c(C)c2cc1C. The number of furan rings is 2. The van der Waals surface area contributed by atoms with Gasteiger partial charge in [0, 0.05) is 36.1 Å². The van der Waals surface area contributed by atoms with Gasteiger partial charge in [0.1, 0.15) is 11.3 Å². The predicted octanol–water partition coefficient (Wildman–Crippen LogP) is 4.77. The summed E-state index contributed by atoms with van der Waals surface area (Å²) in [6.45, 7) is 8.08. The smallest absolute Gasteiger partial charge is 0.290 e. The lowest BCUT2D eigenvalue weighted by Gasteiger charge is -2.27. The monoisotopic (exact) mass is 484 g/mol. The molecule has 3 aromatic rings. The molecule has 0 spiro atoms. The van der Waals surface area contributed by atoms with Gasteiger partial charge in [0.25, 0.3) is 5.91 Å². The van der Waals surface area contributed by atoms with Crippen LogP contribution in [0.1, 0.15) is 58.7 Å². The quantitative estimate of drug-likeness (QED) is 0.519. The third-order valence-corrected chi connectivity index (χ3v) is 9.05. The van der Waals surface area contributed by atoms with Crippen molar-refractivity contribution < 1.29 is 22.0 Å². The minimum absolute atomic E-state index is 0.0318. The molecular weight excluding hydrogens is 452 g/mol.